The van der Waals surface area contributed by atoms with E-state index in [2.05, 4.69) is 26.0 Å². The number of esters is 1. The number of carbonyl (C=O) groups is 1. The average molecular weight is 206 g/mol. The average Bonchev–Trinajstić information content (AvgIpc) is 2.24. The smallest absolute Gasteiger partial charge is 0.305 e. The van der Waals surface area contributed by atoms with E-state index in [1.54, 1.807) is 6.92 Å². The Labute approximate surface area is 91.3 Å². The fourth-order valence-corrected chi connectivity index (χ4v) is 1.46. The van der Waals surface area contributed by atoms with Crippen LogP contribution in [0, 0.1) is 13.8 Å². The van der Waals surface area contributed by atoms with Gasteiger partial charge in [-0.15, -0.1) is 0 Å². The lowest BCUT2D eigenvalue weighted by molar-refractivity contribution is -0.143. The van der Waals surface area contributed by atoms with Gasteiger partial charge >= 0.3 is 5.97 Å². The third-order valence-corrected chi connectivity index (χ3v) is 2.64. The van der Waals surface area contributed by atoms with Crippen molar-refractivity contribution < 1.29 is 9.53 Å². The molecule has 0 saturated heterocycles. The van der Waals surface area contributed by atoms with Crippen LogP contribution in [0.3, 0.4) is 0 Å². The van der Waals surface area contributed by atoms with Crippen LogP contribution in [0.2, 0.25) is 0 Å². The van der Waals surface area contributed by atoms with Crippen molar-refractivity contribution in [2.45, 2.75) is 33.6 Å². The van der Waals surface area contributed by atoms with Gasteiger partial charge in [-0.2, -0.15) is 0 Å². The number of ether oxygens (including phenoxy) is 1. The molecule has 1 aromatic carbocycles. The largest absolute Gasteiger partial charge is 0.465 e. The minimum absolute atomic E-state index is 0.125. The van der Waals surface area contributed by atoms with E-state index in [-0.39, 0.29) is 5.97 Å². The van der Waals surface area contributed by atoms with Gasteiger partial charge in [0.05, 0.1) is 6.61 Å². The quantitative estimate of drug-likeness (QED) is 0.708. The highest BCUT2D eigenvalue weighted by Crippen LogP contribution is 2.13. The highest BCUT2D eigenvalue weighted by molar-refractivity contribution is 5.68. The number of rotatable bonds is 4. The first kappa shape index (κ1) is 11.8. The zero-order valence-electron chi connectivity index (χ0n) is 9.67. The number of aryl methyl sites for hydroxylation is 1. The number of hydrogen-bond donors (Lipinski definition) is 0. The predicted octanol–water partition coefficient (Wildman–Crippen LogP) is 2.80. The summed E-state index contributed by atoms with van der Waals surface area (Å²) in [5.74, 6) is -0.125. The standard InChI is InChI=1S/C13H18O2/c1-4-13(14)15-9-8-12-7-5-6-10(2)11(12)3/h5-7H,4,8-9H2,1-3H3. The molecule has 0 N–H and O–H groups in total. The molecule has 0 aromatic heterocycles. The molecule has 1 aromatic rings. The molecule has 82 valence electrons. The minimum Gasteiger partial charge on any atom is -0.465 e. The van der Waals surface area contributed by atoms with Crippen LogP contribution < -0.4 is 0 Å². The van der Waals surface area contributed by atoms with Gasteiger partial charge in [-0.1, -0.05) is 25.1 Å². The van der Waals surface area contributed by atoms with Crippen molar-refractivity contribution >= 4 is 5.97 Å². The monoisotopic (exact) mass is 206 g/mol. The van der Waals surface area contributed by atoms with Crippen molar-refractivity contribution in [1.82, 2.24) is 0 Å². The molecule has 0 bridgehead atoms. The molecule has 0 spiro atoms. The first-order chi connectivity index (χ1) is 7.15. The zero-order valence-corrected chi connectivity index (χ0v) is 9.67. The van der Waals surface area contributed by atoms with Crippen molar-refractivity contribution in [2.75, 3.05) is 6.61 Å². The maximum absolute atomic E-state index is 10.9. The van der Waals surface area contributed by atoms with Crippen LogP contribution in [0.4, 0.5) is 0 Å². The van der Waals surface area contributed by atoms with Gasteiger partial charge in [0.1, 0.15) is 0 Å². The van der Waals surface area contributed by atoms with Crippen molar-refractivity contribution in [3.8, 4) is 0 Å². The first-order valence-corrected chi connectivity index (χ1v) is 5.36. The van der Waals surface area contributed by atoms with E-state index in [0.717, 1.165) is 6.42 Å². The third kappa shape index (κ3) is 3.39. The second kappa shape index (κ2) is 5.54. The molecule has 0 heterocycles. The van der Waals surface area contributed by atoms with Crippen molar-refractivity contribution in [1.29, 1.82) is 0 Å². The lowest BCUT2D eigenvalue weighted by Crippen LogP contribution is -2.07. The van der Waals surface area contributed by atoms with Gasteiger partial charge in [0, 0.05) is 12.8 Å². The maximum Gasteiger partial charge on any atom is 0.305 e. The molecule has 0 aliphatic rings. The summed E-state index contributed by atoms with van der Waals surface area (Å²) >= 11 is 0. The molecular formula is C13H18O2. The molecule has 0 unspecified atom stereocenters. The molecule has 0 radical (unpaired) electrons. The second-order valence-electron chi connectivity index (χ2n) is 3.68. The summed E-state index contributed by atoms with van der Waals surface area (Å²) in [4.78, 5) is 10.9. The van der Waals surface area contributed by atoms with E-state index >= 15 is 0 Å². The predicted molar refractivity (Wildman–Crippen MR) is 60.9 cm³/mol. The van der Waals surface area contributed by atoms with E-state index in [4.69, 9.17) is 4.74 Å². The number of carbonyl (C=O) groups excluding carboxylic acids is 1. The summed E-state index contributed by atoms with van der Waals surface area (Å²) in [7, 11) is 0. The van der Waals surface area contributed by atoms with Crippen LogP contribution in [-0.4, -0.2) is 12.6 Å². The second-order valence-corrected chi connectivity index (χ2v) is 3.68. The van der Waals surface area contributed by atoms with Crippen molar-refractivity contribution in [3.63, 3.8) is 0 Å². The van der Waals surface area contributed by atoms with Crippen LogP contribution in [-0.2, 0) is 16.0 Å². The molecule has 2 nitrogen and oxygen atoms in total. The Morgan fingerprint density at radius 2 is 2.07 bits per heavy atom. The van der Waals surface area contributed by atoms with E-state index in [0.29, 0.717) is 13.0 Å². The van der Waals surface area contributed by atoms with Gasteiger partial charge in [0.2, 0.25) is 0 Å². The summed E-state index contributed by atoms with van der Waals surface area (Å²) in [6.45, 7) is 6.49. The summed E-state index contributed by atoms with van der Waals surface area (Å²) < 4.78 is 5.05. The van der Waals surface area contributed by atoms with Crippen LogP contribution in [0.25, 0.3) is 0 Å². The van der Waals surface area contributed by atoms with Crippen LogP contribution in [0.5, 0.6) is 0 Å². The first-order valence-electron chi connectivity index (χ1n) is 5.36. The lowest BCUT2D eigenvalue weighted by atomic mass is 10.0. The molecular weight excluding hydrogens is 188 g/mol. The highest BCUT2D eigenvalue weighted by Gasteiger charge is 2.02. The molecule has 2 heteroatoms. The van der Waals surface area contributed by atoms with Gasteiger partial charge < -0.3 is 4.74 Å². The highest BCUT2D eigenvalue weighted by atomic mass is 16.5. The molecule has 0 fully saturated rings. The van der Waals surface area contributed by atoms with E-state index in [1.165, 1.54) is 16.7 Å². The molecule has 0 amide bonds. The number of hydrogen-bond acceptors (Lipinski definition) is 2. The van der Waals surface area contributed by atoms with Crippen LogP contribution in [0.15, 0.2) is 18.2 Å². The Morgan fingerprint density at radius 1 is 1.33 bits per heavy atom. The SMILES string of the molecule is CCC(=O)OCCc1cccc(C)c1C. The molecule has 1 rings (SSSR count). The van der Waals surface area contributed by atoms with E-state index in [1.807, 2.05) is 6.07 Å². The van der Waals surface area contributed by atoms with Gasteiger partial charge in [-0.05, 0) is 30.5 Å². The van der Waals surface area contributed by atoms with Gasteiger partial charge in [0.25, 0.3) is 0 Å². The Balaban J connectivity index is 2.51. The van der Waals surface area contributed by atoms with Crippen LogP contribution in [0.1, 0.15) is 30.0 Å². The van der Waals surface area contributed by atoms with E-state index in [9.17, 15) is 4.79 Å². The summed E-state index contributed by atoms with van der Waals surface area (Å²) in [6.07, 6.45) is 1.26. The Hall–Kier alpha value is -1.31. The fourth-order valence-electron chi connectivity index (χ4n) is 1.46. The zero-order chi connectivity index (χ0) is 11.3. The summed E-state index contributed by atoms with van der Waals surface area (Å²) in [5, 5.41) is 0. The van der Waals surface area contributed by atoms with Crippen LogP contribution >= 0.6 is 0 Å². The topological polar surface area (TPSA) is 26.3 Å². The van der Waals surface area contributed by atoms with Gasteiger partial charge in [-0.25, -0.2) is 0 Å². The Bertz CT molecular complexity index is 342. The molecule has 0 aliphatic heterocycles. The minimum atomic E-state index is -0.125. The van der Waals surface area contributed by atoms with E-state index < -0.39 is 0 Å². The van der Waals surface area contributed by atoms with Gasteiger partial charge in [0.15, 0.2) is 0 Å². The van der Waals surface area contributed by atoms with Crippen molar-refractivity contribution in [2.24, 2.45) is 0 Å². The Kier molecular flexibility index (Phi) is 4.35. The molecule has 0 atom stereocenters. The maximum atomic E-state index is 10.9. The normalized spacial score (nSPS) is 10.1. The third-order valence-electron chi connectivity index (χ3n) is 2.64. The lowest BCUT2D eigenvalue weighted by Gasteiger charge is -2.08. The Morgan fingerprint density at radius 3 is 2.73 bits per heavy atom. The summed E-state index contributed by atoms with van der Waals surface area (Å²) in [5.41, 5.74) is 3.85. The van der Waals surface area contributed by atoms with Gasteiger partial charge in [-0.3, -0.25) is 4.79 Å². The van der Waals surface area contributed by atoms with Crippen molar-refractivity contribution in [3.05, 3.63) is 34.9 Å². The molecule has 15 heavy (non-hydrogen) atoms. The number of benzene rings is 1. The molecule has 0 saturated carbocycles. The summed E-state index contributed by atoms with van der Waals surface area (Å²) in [6, 6.07) is 6.22. The molecule has 0 aliphatic carbocycles. The fraction of sp³-hybridized carbons (Fsp3) is 0.462.